The summed E-state index contributed by atoms with van der Waals surface area (Å²) in [6.45, 7) is 7.05. The first-order valence-electron chi connectivity index (χ1n) is 11.2. The third kappa shape index (κ3) is 3.38. The van der Waals surface area contributed by atoms with E-state index >= 15 is 0 Å². The maximum absolute atomic E-state index is 13.1. The number of H-pyrrole nitrogens is 1. The molecule has 2 aliphatic rings. The highest BCUT2D eigenvalue weighted by Crippen LogP contribution is 2.48. The maximum Gasteiger partial charge on any atom is 0.298 e. The average molecular weight is 419 g/mol. The standard InChI is InChI=1S/C25H30N4O2/c1-15-10-16-6-5-9-25(2,3)20(16)11-17(15)13-27-29-14-26-22-19-8-7-18(31-4)12-21(19)28-23(22)24(29)30/h7-8,12-15,17,28H,5-6,9-11H2,1-4H3/b27-13-/t15-,17+/m0/s1. The first-order chi connectivity index (χ1) is 14.9. The van der Waals surface area contributed by atoms with E-state index in [2.05, 4.69) is 35.8 Å². The zero-order valence-electron chi connectivity index (χ0n) is 18.7. The normalized spacial score (nSPS) is 23.6. The molecule has 0 unspecified atom stereocenters. The second-order valence-corrected chi connectivity index (χ2v) is 9.79. The number of fused-ring (bicyclic) bond motifs is 3. The van der Waals surface area contributed by atoms with E-state index in [1.165, 1.54) is 30.3 Å². The molecule has 31 heavy (non-hydrogen) atoms. The van der Waals surface area contributed by atoms with E-state index in [9.17, 15) is 4.79 Å². The van der Waals surface area contributed by atoms with Crippen LogP contribution in [0.5, 0.6) is 5.75 Å². The van der Waals surface area contributed by atoms with Gasteiger partial charge in [0.25, 0.3) is 5.56 Å². The number of aromatic amines is 1. The van der Waals surface area contributed by atoms with Gasteiger partial charge in [0.05, 0.1) is 12.6 Å². The Bertz CT molecular complexity index is 1280. The molecule has 6 nitrogen and oxygen atoms in total. The zero-order valence-corrected chi connectivity index (χ0v) is 18.7. The van der Waals surface area contributed by atoms with Gasteiger partial charge in [-0.05, 0) is 55.6 Å². The van der Waals surface area contributed by atoms with Crippen molar-refractivity contribution in [3.05, 3.63) is 46.0 Å². The van der Waals surface area contributed by atoms with Crippen LogP contribution in [0.25, 0.3) is 21.9 Å². The second kappa shape index (κ2) is 7.36. The Morgan fingerprint density at radius 1 is 1.32 bits per heavy atom. The van der Waals surface area contributed by atoms with Crippen LogP contribution < -0.4 is 10.3 Å². The lowest BCUT2D eigenvalue weighted by Crippen LogP contribution is -2.30. The van der Waals surface area contributed by atoms with Gasteiger partial charge in [-0.1, -0.05) is 31.9 Å². The van der Waals surface area contributed by atoms with Crippen LogP contribution in [0.1, 0.15) is 52.9 Å². The molecular weight excluding hydrogens is 388 g/mol. The Morgan fingerprint density at radius 3 is 2.97 bits per heavy atom. The molecule has 0 spiro atoms. The Labute approximate surface area is 182 Å². The van der Waals surface area contributed by atoms with Gasteiger partial charge >= 0.3 is 0 Å². The molecule has 0 bridgehead atoms. The van der Waals surface area contributed by atoms with E-state index in [1.807, 2.05) is 24.4 Å². The zero-order chi connectivity index (χ0) is 21.8. The molecule has 1 N–H and O–H groups in total. The lowest BCUT2D eigenvalue weighted by molar-refractivity contribution is 0.295. The molecule has 0 fully saturated rings. The van der Waals surface area contributed by atoms with Gasteiger partial charge < -0.3 is 9.72 Å². The Hall–Kier alpha value is -2.89. The summed E-state index contributed by atoms with van der Waals surface area (Å²) in [4.78, 5) is 20.8. The largest absolute Gasteiger partial charge is 0.497 e. The fraction of sp³-hybridized carbons (Fsp3) is 0.480. The van der Waals surface area contributed by atoms with Crippen molar-refractivity contribution in [3.63, 3.8) is 0 Å². The summed E-state index contributed by atoms with van der Waals surface area (Å²) in [5.41, 5.74) is 5.36. The molecule has 0 amide bonds. The number of nitrogens with one attached hydrogen (secondary N) is 1. The van der Waals surface area contributed by atoms with Gasteiger partial charge in [-0.2, -0.15) is 9.78 Å². The van der Waals surface area contributed by atoms with Crippen molar-refractivity contribution in [3.8, 4) is 5.75 Å². The molecule has 0 aliphatic heterocycles. The fourth-order valence-corrected chi connectivity index (χ4v) is 5.44. The number of rotatable bonds is 3. The Balaban J connectivity index is 1.47. The van der Waals surface area contributed by atoms with Crippen molar-refractivity contribution >= 4 is 28.2 Å². The van der Waals surface area contributed by atoms with Crippen LogP contribution in [-0.4, -0.2) is 28.0 Å². The van der Waals surface area contributed by atoms with Gasteiger partial charge in [0.1, 0.15) is 23.1 Å². The van der Waals surface area contributed by atoms with Crippen LogP contribution in [0, 0.1) is 17.3 Å². The molecule has 0 radical (unpaired) electrons. The van der Waals surface area contributed by atoms with Gasteiger partial charge in [0, 0.05) is 23.6 Å². The highest BCUT2D eigenvalue weighted by molar-refractivity contribution is 6.04. The SMILES string of the molecule is COc1ccc2c(c1)[nH]c1c(=O)n(/N=C\[C@H]3CC4=C(CCCC4(C)C)C[C@@H]3C)cnc12. The van der Waals surface area contributed by atoms with Gasteiger partial charge in [0.2, 0.25) is 0 Å². The van der Waals surface area contributed by atoms with E-state index in [0.29, 0.717) is 22.9 Å². The number of allylic oxidation sites excluding steroid dienone is 2. The second-order valence-electron chi connectivity index (χ2n) is 9.79. The minimum absolute atomic E-state index is 0.183. The molecule has 2 aliphatic carbocycles. The number of ether oxygens (including phenoxy) is 1. The fourth-order valence-electron chi connectivity index (χ4n) is 5.44. The first kappa shape index (κ1) is 20.0. The summed E-state index contributed by atoms with van der Waals surface area (Å²) in [6.07, 6.45) is 9.50. The minimum atomic E-state index is -0.183. The van der Waals surface area contributed by atoms with Crippen LogP contribution in [-0.2, 0) is 0 Å². The monoisotopic (exact) mass is 418 g/mol. The molecular formula is C25H30N4O2. The first-order valence-corrected chi connectivity index (χ1v) is 11.2. The predicted octanol–water partition coefficient (Wildman–Crippen LogP) is 5.27. The Kier molecular flexibility index (Phi) is 4.76. The summed E-state index contributed by atoms with van der Waals surface area (Å²) < 4.78 is 6.65. The van der Waals surface area contributed by atoms with Crippen LogP contribution in [0.15, 0.2) is 45.6 Å². The molecule has 0 saturated carbocycles. The highest BCUT2D eigenvalue weighted by Gasteiger charge is 2.36. The quantitative estimate of drug-likeness (QED) is 0.465. The third-order valence-electron chi connectivity index (χ3n) is 7.34. The molecule has 6 heteroatoms. The van der Waals surface area contributed by atoms with Gasteiger partial charge in [0.15, 0.2) is 0 Å². The highest BCUT2D eigenvalue weighted by atomic mass is 16.5. The van der Waals surface area contributed by atoms with Crippen LogP contribution in [0.3, 0.4) is 0 Å². The molecule has 2 aromatic heterocycles. The smallest absolute Gasteiger partial charge is 0.298 e. The summed E-state index contributed by atoms with van der Waals surface area (Å²) >= 11 is 0. The van der Waals surface area contributed by atoms with Gasteiger partial charge in [-0.3, -0.25) is 4.79 Å². The van der Waals surface area contributed by atoms with Gasteiger partial charge in [-0.15, -0.1) is 0 Å². The average Bonchev–Trinajstić information content (AvgIpc) is 3.12. The number of methoxy groups -OCH3 is 1. The van der Waals surface area contributed by atoms with E-state index in [4.69, 9.17) is 4.74 Å². The molecule has 2 heterocycles. The summed E-state index contributed by atoms with van der Waals surface area (Å²) in [5.74, 6) is 1.61. The molecule has 162 valence electrons. The Morgan fingerprint density at radius 2 is 2.16 bits per heavy atom. The van der Waals surface area contributed by atoms with Crippen molar-refractivity contribution < 1.29 is 4.74 Å². The lowest BCUT2D eigenvalue weighted by Gasteiger charge is -2.42. The minimum Gasteiger partial charge on any atom is -0.497 e. The van der Waals surface area contributed by atoms with Crippen molar-refractivity contribution in [2.24, 2.45) is 22.4 Å². The summed E-state index contributed by atoms with van der Waals surface area (Å²) in [5, 5.41) is 5.48. The number of nitrogens with zero attached hydrogens (tertiary/aromatic N) is 3. The molecule has 1 aromatic carbocycles. The van der Waals surface area contributed by atoms with E-state index < -0.39 is 0 Å². The van der Waals surface area contributed by atoms with Crippen LogP contribution >= 0.6 is 0 Å². The third-order valence-corrected chi connectivity index (χ3v) is 7.34. The van der Waals surface area contributed by atoms with Gasteiger partial charge in [-0.25, -0.2) is 4.98 Å². The summed E-state index contributed by atoms with van der Waals surface area (Å²) in [6, 6.07) is 5.68. The summed E-state index contributed by atoms with van der Waals surface area (Å²) in [7, 11) is 1.63. The number of hydrogen-bond acceptors (Lipinski definition) is 4. The van der Waals surface area contributed by atoms with Crippen molar-refractivity contribution in [2.45, 2.75) is 52.9 Å². The lowest BCUT2D eigenvalue weighted by atomic mass is 9.63. The van der Waals surface area contributed by atoms with E-state index in [0.717, 1.165) is 29.5 Å². The number of aromatic nitrogens is 3. The molecule has 2 atom stereocenters. The predicted molar refractivity (Wildman–Crippen MR) is 125 cm³/mol. The molecule has 0 saturated heterocycles. The number of hydrogen-bond donors (Lipinski definition) is 1. The van der Waals surface area contributed by atoms with Crippen molar-refractivity contribution in [1.29, 1.82) is 0 Å². The van der Waals surface area contributed by atoms with Crippen LogP contribution in [0.2, 0.25) is 0 Å². The van der Waals surface area contributed by atoms with Crippen molar-refractivity contribution in [1.82, 2.24) is 14.6 Å². The molecule has 5 rings (SSSR count). The topological polar surface area (TPSA) is 72.3 Å². The van der Waals surface area contributed by atoms with E-state index in [1.54, 1.807) is 18.3 Å². The molecule has 3 aromatic rings. The van der Waals surface area contributed by atoms with Crippen molar-refractivity contribution in [2.75, 3.05) is 7.11 Å². The van der Waals surface area contributed by atoms with E-state index in [-0.39, 0.29) is 11.0 Å². The maximum atomic E-state index is 13.1. The number of benzene rings is 1. The van der Waals surface area contributed by atoms with Crippen LogP contribution in [0.4, 0.5) is 0 Å².